The minimum atomic E-state index is -0.163. The minimum Gasteiger partial charge on any atom is -0.356 e. The standard InChI is InChI=1S/C8H15NO2S/c1-7(10)6-8(11)9-4-3-5-12-2/h3-6H2,1-2H3,(H,9,11). The highest BCUT2D eigenvalue weighted by atomic mass is 32.2. The van der Waals surface area contributed by atoms with Crippen LogP contribution in [0, 0.1) is 0 Å². The van der Waals surface area contributed by atoms with Gasteiger partial charge >= 0.3 is 0 Å². The van der Waals surface area contributed by atoms with Gasteiger partial charge in [0.05, 0.1) is 6.42 Å². The molecule has 0 aliphatic heterocycles. The molecular formula is C8H15NO2S. The molecule has 70 valence electrons. The molecule has 12 heavy (non-hydrogen) atoms. The molecule has 0 saturated heterocycles. The van der Waals surface area contributed by atoms with Gasteiger partial charge in [0.25, 0.3) is 0 Å². The molecule has 0 bridgehead atoms. The van der Waals surface area contributed by atoms with E-state index >= 15 is 0 Å². The normalized spacial score (nSPS) is 9.50. The zero-order chi connectivity index (χ0) is 9.40. The van der Waals surface area contributed by atoms with Gasteiger partial charge in [-0.25, -0.2) is 0 Å². The van der Waals surface area contributed by atoms with Crippen molar-refractivity contribution in [3.63, 3.8) is 0 Å². The van der Waals surface area contributed by atoms with Gasteiger partial charge in [0, 0.05) is 6.54 Å². The summed E-state index contributed by atoms with van der Waals surface area (Å²) >= 11 is 1.75. The molecule has 3 nitrogen and oxygen atoms in total. The van der Waals surface area contributed by atoms with Crippen molar-refractivity contribution < 1.29 is 9.59 Å². The van der Waals surface area contributed by atoms with Crippen molar-refractivity contribution in [1.29, 1.82) is 0 Å². The molecule has 4 heteroatoms. The van der Waals surface area contributed by atoms with E-state index in [0.717, 1.165) is 12.2 Å². The number of ketones is 1. The second-order valence-electron chi connectivity index (χ2n) is 2.58. The fourth-order valence-electron chi connectivity index (χ4n) is 0.733. The lowest BCUT2D eigenvalue weighted by molar-refractivity contribution is -0.127. The topological polar surface area (TPSA) is 46.2 Å². The van der Waals surface area contributed by atoms with E-state index in [2.05, 4.69) is 5.32 Å². The van der Waals surface area contributed by atoms with Crippen LogP contribution in [0.15, 0.2) is 0 Å². The van der Waals surface area contributed by atoms with E-state index in [1.165, 1.54) is 6.92 Å². The van der Waals surface area contributed by atoms with E-state index < -0.39 is 0 Å². The van der Waals surface area contributed by atoms with Crippen LogP contribution >= 0.6 is 11.8 Å². The zero-order valence-corrected chi connectivity index (χ0v) is 8.37. The largest absolute Gasteiger partial charge is 0.356 e. The Kier molecular flexibility index (Phi) is 6.85. The van der Waals surface area contributed by atoms with Crippen LogP contribution in [-0.4, -0.2) is 30.2 Å². The summed E-state index contributed by atoms with van der Waals surface area (Å²) in [5, 5.41) is 2.68. The highest BCUT2D eigenvalue weighted by Gasteiger charge is 2.02. The van der Waals surface area contributed by atoms with Crippen molar-refractivity contribution in [2.75, 3.05) is 18.6 Å². The van der Waals surface area contributed by atoms with Crippen molar-refractivity contribution in [1.82, 2.24) is 5.32 Å². The predicted octanol–water partition coefficient (Wildman–Crippen LogP) is 0.835. The maximum absolute atomic E-state index is 10.9. The van der Waals surface area contributed by atoms with E-state index in [4.69, 9.17) is 0 Å². The zero-order valence-electron chi connectivity index (χ0n) is 7.55. The molecule has 0 aromatic heterocycles. The molecule has 0 aromatic rings. The maximum atomic E-state index is 10.9. The number of rotatable bonds is 6. The Bertz CT molecular complexity index is 159. The SMILES string of the molecule is CSCCCNC(=O)CC(C)=O. The van der Waals surface area contributed by atoms with Crippen molar-refractivity contribution in [3.05, 3.63) is 0 Å². The van der Waals surface area contributed by atoms with E-state index in [1.807, 2.05) is 6.26 Å². The number of hydrogen-bond acceptors (Lipinski definition) is 3. The van der Waals surface area contributed by atoms with Gasteiger partial charge in [-0.05, 0) is 25.4 Å². The first-order chi connectivity index (χ1) is 5.66. The molecule has 0 atom stereocenters. The van der Waals surface area contributed by atoms with Crippen LogP contribution in [0.2, 0.25) is 0 Å². The van der Waals surface area contributed by atoms with Gasteiger partial charge in [0.15, 0.2) is 0 Å². The minimum absolute atomic E-state index is 0.0132. The van der Waals surface area contributed by atoms with Gasteiger partial charge in [-0.2, -0.15) is 11.8 Å². The third kappa shape index (κ3) is 7.60. The first-order valence-corrected chi connectivity index (χ1v) is 5.31. The summed E-state index contributed by atoms with van der Waals surface area (Å²) in [5.74, 6) is 0.793. The van der Waals surface area contributed by atoms with E-state index in [9.17, 15) is 9.59 Å². The molecule has 1 N–H and O–H groups in total. The van der Waals surface area contributed by atoms with Crippen LogP contribution in [0.3, 0.4) is 0 Å². The third-order valence-corrected chi connectivity index (χ3v) is 1.95. The van der Waals surface area contributed by atoms with E-state index in [0.29, 0.717) is 6.54 Å². The molecule has 1 amide bonds. The number of thioether (sulfide) groups is 1. The molecule has 0 rings (SSSR count). The Morgan fingerprint density at radius 3 is 2.58 bits per heavy atom. The summed E-state index contributed by atoms with van der Waals surface area (Å²) in [6, 6.07) is 0. The molecule has 0 aliphatic rings. The summed E-state index contributed by atoms with van der Waals surface area (Å²) in [7, 11) is 0. The number of carbonyl (C=O) groups is 2. The van der Waals surface area contributed by atoms with Crippen molar-refractivity contribution in [2.24, 2.45) is 0 Å². The fourth-order valence-corrected chi connectivity index (χ4v) is 1.17. The quantitative estimate of drug-likeness (QED) is 0.497. The molecule has 0 aromatic carbocycles. The highest BCUT2D eigenvalue weighted by molar-refractivity contribution is 7.98. The summed E-state index contributed by atoms with van der Waals surface area (Å²) < 4.78 is 0. The van der Waals surface area contributed by atoms with Gasteiger partial charge in [-0.15, -0.1) is 0 Å². The lowest BCUT2D eigenvalue weighted by Crippen LogP contribution is -2.26. The molecule has 0 spiro atoms. The van der Waals surface area contributed by atoms with Crippen molar-refractivity contribution in [2.45, 2.75) is 19.8 Å². The number of amides is 1. The predicted molar refractivity (Wildman–Crippen MR) is 51.3 cm³/mol. The van der Waals surface area contributed by atoms with Crippen LogP contribution in [0.5, 0.6) is 0 Å². The highest BCUT2D eigenvalue weighted by Crippen LogP contribution is 1.93. The van der Waals surface area contributed by atoms with E-state index in [-0.39, 0.29) is 18.1 Å². The first-order valence-electron chi connectivity index (χ1n) is 3.92. The smallest absolute Gasteiger partial charge is 0.227 e. The van der Waals surface area contributed by atoms with E-state index in [1.54, 1.807) is 11.8 Å². The van der Waals surface area contributed by atoms with Crippen LogP contribution in [0.1, 0.15) is 19.8 Å². The molecule has 0 fully saturated rings. The molecule has 0 unspecified atom stereocenters. The molecule has 0 aliphatic carbocycles. The molecule has 0 saturated carbocycles. The number of nitrogens with one attached hydrogen (secondary N) is 1. The van der Waals surface area contributed by atoms with Gasteiger partial charge in [0.2, 0.25) is 5.91 Å². The van der Waals surface area contributed by atoms with Crippen LogP contribution in [0.4, 0.5) is 0 Å². The molecule has 0 radical (unpaired) electrons. The summed E-state index contributed by atoms with van der Waals surface area (Å²) in [6.07, 6.45) is 3.00. The second kappa shape index (κ2) is 7.16. The van der Waals surface area contributed by atoms with Crippen molar-refractivity contribution >= 4 is 23.5 Å². The van der Waals surface area contributed by atoms with Crippen LogP contribution in [0.25, 0.3) is 0 Å². The Balaban J connectivity index is 3.26. The summed E-state index contributed by atoms with van der Waals surface area (Å²) in [6.45, 7) is 2.09. The molecule has 0 heterocycles. The lowest BCUT2D eigenvalue weighted by Gasteiger charge is -2.01. The average Bonchev–Trinajstić information content (AvgIpc) is 1.97. The van der Waals surface area contributed by atoms with Crippen LogP contribution < -0.4 is 5.32 Å². The Hall–Kier alpha value is -0.510. The Morgan fingerprint density at radius 2 is 2.08 bits per heavy atom. The maximum Gasteiger partial charge on any atom is 0.227 e. The average molecular weight is 189 g/mol. The van der Waals surface area contributed by atoms with Gasteiger partial charge in [0.1, 0.15) is 5.78 Å². The van der Waals surface area contributed by atoms with Gasteiger partial charge in [-0.3, -0.25) is 9.59 Å². The second-order valence-corrected chi connectivity index (χ2v) is 3.56. The fraction of sp³-hybridized carbons (Fsp3) is 0.750. The molecular weight excluding hydrogens is 174 g/mol. The number of carbonyl (C=O) groups excluding carboxylic acids is 2. The number of Topliss-reactive ketones (excluding diaryl/α,β-unsaturated/α-hetero) is 1. The first kappa shape index (κ1) is 11.5. The van der Waals surface area contributed by atoms with Crippen molar-refractivity contribution in [3.8, 4) is 0 Å². The summed E-state index contributed by atoms with van der Waals surface area (Å²) in [4.78, 5) is 21.4. The Labute approximate surface area is 77.3 Å². The monoisotopic (exact) mass is 189 g/mol. The lowest BCUT2D eigenvalue weighted by atomic mass is 10.3. The third-order valence-electron chi connectivity index (χ3n) is 1.26. The van der Waals surface area contributed by atoms with Crippen LogP contribution in [-0.2, 0) is 9.59 Å². The summed E-state index contributed by atoms with van der Waals surface area (Å²) in [5.41, 5.74) is 0. The Morgan fingerprint density at radius 1 is 1.42 bits per heavy atom. The van der Waals surface area contributed by atoms with Gasteiger partial charge < -0.3 is 5.32 Å². The van der Waals surface area contributed by atoms with Gasteiger partial charge in [-0.1, -0.05) is 0 Å². The number of hydrogen-bond donors (Lipinski definition) is 1.